The third-order valence-corrected chi connectivity index (χ3v) is 7.18. The lowest BCUT2D eigenvalue weighted by molar-refractivity contribution is -0.125. The summed E-state index contributed by atoms with van der Waals surface area (Å²) in [6.07, 6.45) is 9.63. The lowest BCUT2D eigenvalue weighted by Gasteiger charge is -2.16. The summed E-state index contributed by atoms with van der Waals surface area (Å²) in [4.78, 5) is 31.6. The van der Waals surface area contributed by atoms with Crippen LogP contribution in [0.4, 0.5) is 5.82 Å². The number of hydrogen-bond donors (Lipinski definition) is 1. The summed E-state index contributed by atoms with van der Waals surface area (Å²) in [6, 6.07) is 6.02. The van der Waals surface area contributed by atoms with Gasteiger partial charge in [0.1, 0.15) is 5.82 Å². The Morgan fingerprint density at radius 3 is 2.93 bits per heavy atom. The van der Waals surface area contributed by atoms with E-state index in [0.29, 0.717) is 30.5 Å². The molecule has 0 spiro atoms. The number of nitrogens with zero attached hydrogens (tertiary/aromatic N) is 2. The number of thiophene rings is 1. The number of carbonyl (C=O) groups is 2. The number of aryl methyl sites for hydroxylation is 1. The maximum atomic E-state index is 12.7. The number of likely N-dealkylation sites (tertiary alicyclic amines) is 1. The number of aromatic nitrogens is 1. The number of pyridine rings is 1. The van der Waals surface area contributed by atoms with Crippen molar-refractivity contribution in [1.82, 2.24) is 9.88 Å². The second kappa shape index (κ2) is 8.36. The van der Waals surface area contributed by atoms with Crippen LogP contribution in [0.25, 0.3) is 11.6 Å². The van der Waals surface area contributed by atoms with Gasteiger partial charge in [-0.3, -0.25) is 9.59 Å². The van der Waals surface area contributed by atoms with Crippen LogP contribution in [0.15, 0.2) is 36.5 Å². The van der Waals surface area contributed by atoms with Gasteiger partial charge in [-0.2, -0.15) is 0 Å². The lowest BCUT2D eigenvalue weighted by Crippen LogP contribution is -2.27. The number of rotatable bonds is 3. The first-order chi connectivity index (χ1) is 14.0. The van der Waals surface area contributed by atoms with Crippen molar-refractivity contribution in [3.8, 4) is 0 Å². The first-order valence-electron chi connectivity index (χ1n) is 9.77. The standard InChI is InChI=1S/C22H20ClN3O2S.CH4/c23-19-4-3-18(29-19)15-8-16-11-26(12-17(16)9-15)21(28)6-1-13-7-14-2-5-20(27)25-22(14)24-10-13;/h1,3-4,6-8,10,16-17H,2,5,9,11-12H2,(H,24,25,27);1H4/b6-1+;. The van der Waals surface area contributed by atoms with E-state index in [-0.39, 0.29) is 19.2 Å². The summed E-state index contributed by atoms with van der Waals surface area (Å²) in [5.41, 5.74) is 3.26. The van der Waals surface area contributed by atoms with E-state index in [9.17, 15) is 9.59 Å². The number of halogens is 1. The third-order valence-electron chi connectivity index (χ3n) is 5.88. The van der Waals surface area contributed by atoms with Gasteiger partial charge in [-0.05, 0) is 65.7 Å². The van der Waals surface area contributed by atoms with Crippen molar-refractivity contribution in [1.29, 1.82) is 0 Å². The topological polar surface area (TPSA) is 62.3 Å². The molecule has 2 aromatic rings. The number of amides is 2. The number of allylic oxidation sites excluding steroid dienone is 1. The molecule has 4 heterocycles. The Balaban J connectivity index is 0.00000218. The highest BCUT2D eigenvalue weighted by atomic mass is 35.5. The largest absolute Gasteiger partial charge is 0.338 e. The summed E-state index contributed by atoms with van der Waals surface area (Å²) in [5, 5.41) is 2.77. The van der Waals surface area contributed by atoms with Crippen molar-refractivity contribution in [2.24, 2.45) is 11.8 Å². The van der Waals surface area contributed by atoms with Crippen LogP contribution < -0.4 is 5.32 Å². The molecule has 5 nitrogen and oxygen atoms in total. The number of carbonyl (C=O) groups excluding carboxylic acids is 2. The zero-order valence-corrected chi connectivity index (χ0v) is 17.3. The molecule has 5 rings (SSSR count). The SMILES string of the molecule is C.O=C1CCc2cc(/C=C/C(=O)N3CC4C=C(c5ccc(Cl)s5)CC4C3)cnc2N1. The van der Waals surface area contributed by atoms with E-state index in [4.69, 9.17) is 11.6 Å². The van der Waals surface area contributed by atoms with Crippen molar-refractivity contribution >= 4 is 52.2 Å². The van der Waals surface area contributed by atoms with Crippen LogP contribution in [-0.4, -0.2) is 34.8 Å². The molecule has 1 aliphatic carbocycles. The Hall–Kier alpha value is -2.44. The molecule has 2 unspecified atom stereocenters. The Bertz CT molecular complexity index is 1060. The molecule has 0 bridgehead atoms. The van der Waals surface area contributed by atoms with E-state index in [2.05, 4.69) is 22.4 Å². The minimum absolute atomic E-state index is 0. The third kappa shape index (κ3) is 4.07. The molecule has 2 amide bonds. The Labute approximate surface area is 185 Å². The van der Waals surface area contributed by atoms with Gasteiger partial charge in [-0.1, -0.05) is 25.1 Å². The number of anilines is 1. The molecule has 3 aliphatic rings. The highest BCUT2D eigenvalue weighted by Gasteiger charge is 2.38. The van der Waals surface area contributed by atoms with Gasteiger partial charge in [0, 0.05) is 36.7 Å². The highest BCUT2D eigenvalue weighted by Crippen LogP contribution is 2.43. The molecular formula is C23H24ClN3O2S. The normalized spacial score (nSPS) is 22.4. The molecule has 1 N–H and O–H groups in total. The van der Waals surface area contributed by atoms with Gasteiger partial charge < -0.3 is 10.2 Å². The Morgan fingerprint density at radius 1 is 1.30 bits per heavy atom. The van der Waals surface area contributed by atoms with Gasteiger partial charge in [-0.15, -0.1) is 11.3 Å². The molecule has 156 valence electrons. The lowest BCUT2D eigenvalue weighted by atomic mass is 10.00. The van der Waals surface area contributed by atoms with Gasteiger partial charge in [0.2, 0.25) is 11.8 Å². The van der Waals surface area contributed by atoms with E-state index in [1.165, 1.54) is 10.5 Å². The molecule has 2 aromatic heterocycles. The van der Waals surface area contributed by atoms with Crippen molar-refractivity contribution in [3.63, 3.8) is 0 Å². The summed E-state index contributed by atoms with van der Waals surface area (Å²) in [7, 11) is 0. The minimum atomic E-state index is 0. The predicted octanol–water partition coefficient (Wildman–Crippen LogP) is 4.89. The first kappa shape index (κ1) is 20.8. The van der Waals surface area contributed by atoms with Crippen LogP contribution in [0.2, 0.25) is 4.34 Å². The summed E-state index contributed by atoms with van der Waals surface area (Å²) in [6.45, 7) is 1.56. The number of fused-ring (bicyclic) bond motifs is 2. The summed E-state index contributed by atoms with van der Waals surface area (Å²) < 4.78 is 0.818. The van der Waals surface area contributed by atoms with Crippen LogP contribution in [0.5, 0.6) is 0 Å². The molecule has 0 aromatic carbocycles. The molecule has 7 heteroatoms. The van der Waals surface area contributed by atoms with E-state index in [1.54, 1.807) is 23.6 Å². The Morgan fingerprint density at radius 2 is 2.17 bits per heavy atom. The first-order valence-corrected chi connectivity index (χ1v) is 11.0. The van der Waals surface area contributed by atoms with E-state index < -0.39 is 0 Å². The fraction of sp³-hybridized carbons (Fsp3) is 0.348. The van der Waals surface area contributed by atoms with Crippen LogP contribution >= 0.6 is 22.9 Å². The molecule has 0 saturated carbocycles. The van der Waals surface area contributed by atoms with E-state index in [0.717, 1.165) is 35.0 Å². The summed E-state index contributed by atoms with van der Waals surface area (Å²) in [5.74, 6) is 1.60. The van der Waals surface area contributed by atoms with E-state index >= 15 is 0 Å². The second-order valence-electron chi connectivity index (χ2n) is 7.82. The number of nitrogens with one attached hydrogen (secondary N) is 1. The van der Waals surface area contributed by atoms with Gasteiger partial charge in [0.15, 0.2) is 0 Å². The molecule has 1 saturated heterocycles. The van der Waals surface area contributed by atoms with Crippen molar-refractivity contribution in [3.05, 3.63) is 56.9 Å². The minimum Gasteiger partial charge on any atom is -0.338 e. The van der Waals surface area contributed by atoms with Gasteiger partial charge in [0.25, 0.3) is 0 Å². The molecule has 0 radical (unpaired) electrons. The van der Waals surface area contributed by atoms with Crippen molar-refractivity contribution in [2.45, 2.75) is 26.7 Å². The molecular weight excluding hydrogens is 418 g/mol. The molecule has 2 aliphatic heterocycles. The monoisotopic (exact) mass is 441 g/mol. The zero-order chi connectivity index (χ0) is 20.0. The molecule has 2 atom stereocenters. The van der Waals surface area contributed by atoms with Gasteiger partial charge in [0.05, 0.1) is 4.34 Å². The predicted molar refractivity (Wildman–Crippen MR) is 122 cm³/mol. The Kier molecular flexibility index (Phi) is 5.80. The number of hydrogen-bond acceptors (Lipinski definition) is 4. The van der Waals surface area contributed by atoms with Gasteiger partial charge in [-0.25, -0.2) is 4.98 Å². The smallest absolute Gasteiger partial charge is 0.246 e. The molecule has 30 heavy (non-hydrogen) atoms. The second-order valence-corrected chi connectivity index (χ2v) is 9.54. The van der Waals surface area contributed by atoms with Crippen LogP contribution in [0.3, 0.4) is 0 Å². The van der Waals surface area contributed by atoms with Gasteiger partial charge >= 0.3 is 0 Å². The molecule has 1 fully saturated rings. The highest BCUT2D eigenvalue weighted by molar-refractivity contribution is 7.17. The summed E-state index contributed by atoms with van der Waals surface area (Å²) >= 11 is 7.69. The van der Waals surface area contributed by atoms with Crippen LogP contribution in [0, 0.1) is 11.8 Å². The maximum Gasteiger partial charge on any atom is 0.246 e. The average molecular weight is 442 g/mol. The van der Waals surface area contributed by atoms with E-state index in [1.807, 2.05) is 23.1 Å². The van der Waals surface area contributed by atoms with Crippen LogP contribution in [-0.2, 0) is 16.0 Å². The zero-order valence-electron chi connectivity index (χ0n) is 15.7. The fourth-order valence-corrected chi connectivity index (χ4v) is 5.48. The van der Waals surface area contributed by atoms with Crippen LogP contribution in [0.1, 0.15) is 36.3 Å². The fourth-order valence-electron chi connectivity index (χ4n) is 4.40. The van der Waals surface area contributed by atoms with Crippen molar-refractivity contribution < 1.29 is 9.59 Å². The van der Waals surface area contributed by atoms with Crippen molar-refractivity contribution in [2.75, 3.05) is 18.4 Å². The quantitative estimate of drug-likeness (QED) is 0.689. The average Bonchev–Trinajstić information content (AvgIpc) is 3.40. The maximum absolute atomic E-state index is 12.7.